The number of thiocarbonyl (C=S) groups is 1. The van der Waals surface area contributed by atoms with Gasteiger partial charge in [-0.05, 0) is 49.6 Å². The highest BCUT2D eigenvalue weighted by atomic mass is 32.1. The van der Waals surface area contributed by atoms with Crippen LogP contribution in [-0.4, -0.2) is 23.0 Å². The largest absolute Gasteiger partial charge is 0.389 e. The molecule has 1 fully saturated rings. The van der Waals surface area contributed by atoms with Gasteiger partial charge in [0.15, 0.2) is 0 Å². The third kappa shape index (κ3) is 3.76. The normalized spacial score (nSPS) is 23.0. The summed E-state index contributed by atoms with van der Waals surface area (Å²) in [6.07, 6.45) is 5.04. The van der Waals surface area contributed by atoms with Crippen molar-refractivity contribution in [2.24, 2.45) is 11.7 Å². The maximum atomic E-state index is 13.5. The standard InChI is InChI=1S/C16H23FN2S/c1-11-4-3-5-14(8-11)19(2)10-12-9-13(17)6-7-15(12)16(18)20/h6-7,9,11,14H,3-5,8,10H2,1-2H3,(H2,18,20). The molecule has 1 saturated carbocycles. The summed E-state index contributed by atoms with van der Waals surface area (Å²) in [5, 5.41) is 0. The molecule has 4 heteroatoms. The Hall–Kier alpha value is -1.00. The highest BCUT2D eigenvalue weighted by molar-refractivity contribution is 7.80. The zero-order chi connectivity index (χ0) is 14.7. The second kappa shape index (κ2) is 6.64. The molecule has 0 spiro atoms. The lowest BCUT2D eigenvalue weighted by molar-refractivity contribution is 0.157. The predicted octanol–water partition coefficient (Wildman–Crippen LogP) is 3.47. The predicted molar refractivity (Wildman–Crippen MR) is 85.2 cm³/mol. The fourth-order valence-corrected chi connectivity index (χ4v) is 3.33. The number of benzene rings is 1. The Kier molecular flexibility index (Phi) is 5.11. The summed E-state index contributed by atoms with van der Waals surface area (Å²) < 4.78 is 13.5. The van der Waals surface area contributed by atoms with Crippen molar-refractivity contribution in [3.8, 4) is 0 Å². The van der Waals surface area contributed by atoms with E-state index in [2.05, 4.69) is 18.9 Å². The van der Waals surface area contributed by atoms with Crippen LogP contribution in [0.5, 0.6) is 0 Å². The van der Waals surface area contributed by atoms with Crippen molar-refractivity contribution in [2.75, 3.05) is 7.05 Å². The zero-order valence-corrected chi connectivity index (χ0v) is 13.0. The first-order valence-electron chi connectivity index (χ1n) is 7.26. The van der Waals surface area contributed by atoms with Crippen LogP contribution in [0.2, 0.25) is 0 Å². The summed E-state index contributed by atoms with van der Waals surface area (Å²) >= 11 is 5.06. The van der Waals surface area contributed by atoms with Crippen LogP contribution in [-0.2, 0) is 6.54 Å². The van der Waals surface area contributed by atoms with Crippen molar-refractivity contribution in [3.05, 3.63) is 35.1 Å². The molecule has 1 aliphatic rings. The first-order valence-corrected chi connectivity index (χ1v) is 7.66. The van der Waals surface area contributed by atoms with E-state index in [0.29, 0.717) is 17.6 Å². The van der Waals surface area contributed by atoms with E-state index in [1.165, 1.54) is 31.7 Å². The fraction of sp³-hybridized carbons (Fsp3) is 0.562. The average Bonchev–Trinajstić information content (AvgIpc) is 2.38. The van der Waals surface area contributed by atoms with Gasteiger partial charge in [-0.2, -0.15) is 0 Å². The average molecular weight is 294 g/mol. The van der Waals surface area contributed by atoms with Gasteiger partial charge in [-0.15, -0.1) is 0 Å². The molecular weight excluding hydrogens is 271 g/mol. The number of nitrogens with zero attached hydrogens (tertiary/aromatic N) is 1. The first-order chi connectivity index (χ1) is 9.47. The molecule has 2 N–H and O–H groups in total. The fourth-order valence-electron chi connectivity index (χ4n) is 3.13. The quantitative estimate of drug-likeness (QED) is 0.862. The molecule has 2 rings (SSSR count). The molecule has 1 aromatic rings. The van der Waals surface area contributed by atoms with Crippen molar-refractivity contribution < 1.29 is 4.39 Å². The lowest BCUT2D eigenvalue weighted by Crippen LogP contribution is -2.35. The van der Waals surface area contributed by atoms with E-state index in [0.717, 1.165) is 17.0 Å². The molecule has 0 heterocycles. The van der Waals surface area contributed by atoms with Gasteiger partial charge in [0.1, 0.15) is 10.8 Å². The van der Waals surface area contributed by atoms with Gasteiger partial charge in [0, 0.05) is 18.2 Å². The van der Waals surface area contributed by atoms with Crippen LogP contribution in [0.3, 0.4) is 0 Å². The molecule has 2 unspecified atom stereocenters. The van der Waals surface area contributed by atoms with Crippen LogP contribution < -0.4 is 5.73 Å². The van der Waals surface area contributed by atoms with Gasteiger partial charge in [0.05, 0.1) is 0 Å². The lowest BCUT2D eigenvalue weighted by atomic mass is 9.86. The third-order valence-electron chi connectivity index (χ3n) is 4.28. The highest BCUT2D eigenvalue weighted by Gasteiger charge is 2.23. The van der Waals surface area contributed by atoms with Crippen LogP contribution in [0.15, 0.2) is 18.2 Å². The monoisotopic (exact) mass is 294 g/mol. The van der Waals surface area contributed by atoms with Crippen LogP contribution in [0, 0.1) is 11.7 Å². The molecule has 2 atom stereocenters. The van der Waals surface area contributed by atoms with Crippen molar-refractivity contribution in [1.82, 2.24) is 4.90 Å². The van der Waals surface area contributed by atoms with Gasteiger partial charge in [0.2, 0.25) is 0 Å². The Balaban J connectivity index is 2.12. The molecule has 0 radical (unpaired) electrons. The molecule has 110 valence electrons. The second-order valence-electron chi connectivity index (χ2n) is 6.01. The summed E-state index contributed by atoms with van der Waals surface area (Å²) in [6, 6.07) is 5.23. The molecule has 0 aromatic heterocycles. The minimum absolute atomic E-state index is 0.231. The molecule has 20 heavy (non-hydrogen) atoms. The molecule has 0 bridgehead atoms. The smallest absolute Gasteiger partial charge is 0.123 e. The molecule has 0 amide bonds. The van der Waals surface area contributed by atoms with Gasteiger partial charge < -0.3 is 5.73 Å². The number of nitrogens with two attached hydrogens (primary N) is 1. The molecule has 1 aromatic carbocycles. The third-order valence-corrected chi connectivity index (χ3v) is 4.50. The van der Waals surface area contributed by atoms with Gasteiger partial charge in [-0.25, -0.2) is 4.39 Å². The summed E-state index contributed by atoms with van der Waals surface area (Å²) in [6.45, 7) is 3.00. The molecule has 0 saturated heterocycles. The van der Waals surface area contributed by atoms with E-state index in [1.54, 1.807) is 12.1 Å². The SMILES string of the molecule is CC1CCCC(N(C)Cc2cc(F)ccc2C(N)=S)C1. The number of rotatable bonds is 4. The number of halogens is 1. The van der Waals surface area contributed by atoms with Gasteiger partial charge >= 0.3 is 0 Å². The summed E-state index contributed by atoms with van der Waals surface area (Å²) in [5.74, 6) is 0.546. The van der Waals surface area contributed by atoms with Crippen molar-refractivity contribution in [1.29, 1.82) is 0 Å². The lowest BCUT2D eigenvalue weighted by Gasteiger charge is -2.34. The summed E-state index contributed by atoms with van der Waals surface area (Å²) in [7, 11) is 2.11. The molecule has 2 nitrogen and oxygen atoms in total. The van der Waals surface area contributed by atoms with E-state index < -0.39 is 0 Å². The Morgan fingerprint density at radius 3 is 2.85 bits per heavy atom. The van der Waals surface area contributed by atoms with Gasteiger partial charge in [-0.1, -0.05) is 32.0 Å². The first kappa shape index (κ1) is 15.4. The van der Waals surface area contributed by atoms with E-state index in [-0.39, 0.29) is 5.82 Å². The van der Waals surface area contributed by atoms with Crippen molar-refractivity contribution in [3.63, 3.8) is 0 Å². The Morgan fingerprint density at radius 1 is 1.45 bits per heavy atom. The second-order valence-corrected chi connectivity index (χ2v) is 6.45. The minimum atomic E-state index is -0.231. The van der Waals surface area contributed by atoms with Gasteiger partial charge in [-0.3, -0.25) is 4.90 Å². The van der Waals surface area contributed by atoms with Crippen molar-refractivity contribution >= 4 is 17.2 Å². The summed E-state index contributed by atoms with van der Waals surface area (Å²) in [4.78, 5) is 2.65. The van der Waals surface area contributed by atoms with Gasteiger partial charge in [0.25, 0.3) is 0 Å². The minimum Gasteiger partial charge on any atom is -0.389 e. The van der Waals surface area contributed by atoms with Crippen LogP contribution in [0.25, 0.3) is 0 Å². The molecular formula is C16H23FN2S. The van der Waals surface area contributed by atoms with Crippen molar-refractivity contribution in [2.45, 2.75) is 45.2 Å². The zero-order valence-electron chi connectivity index (χ0n) is 12.2. The number of hydrogen-bond donors (Lipinski definition) is 1. The Bertz CT molecular complexity index is 489. The molecule has 0 aliphatic heterocycles. The van der Waals surface area contributed by atoms with Crippen LogP contribution in [0.4, 0.5) is 4.39 Å². The number of hydrogen-bond acceptors (Lipinski definition) is 2. The maximum Gasteiger partial charge on any atom is 0.123 e. The van der Waals surface area contributed by atoms with E-state index in [9.17, 15) is 4.39 Å². The molecule has 1 aliphatic carbocycles. The Morgan fingerprint density at radius 2 is 2.20 bits per heavy atom. The van der Waals surface area contributed by atoms with E-state index in [4.69, 9.17) is 18.0 Å². The highest BCUT2D eigenvalue weighted by Crippen LogP contribution is 2.28. The van der Waals surface area contributed by atoms with E-state index >= 15 is 0 Å². The Labute approximate surface area is 126 Å². The maximum absolute atomic E-state index is 13.5. The van der Waals surface area contributed by atoms with E-state index in [1.807, 2.05) is 0 Å². The van der Waals surface area contributed by atoms with Crippen LogP contribution >= 0.6 is 12.2 Å². The van der Waals surface area contributed by atoms with Crippen LogP contribution in [0.1, 0.15) is 43.7 Å². The summed E-state index contributed by atoms with van der Waals surface area (Å²) in [5.41, 5.74) is 7.41. The topological polar surface area (TPSA) is 29.3 Å².